The minimum atomic E-state index is -0.0565. The molecule has 0 amide bonds. The van der Waals surface area contributed by atoms with Gasteiger partial charge in [-0.1, -0.05) is 147 Å². The molecule has 0 saturated heterocycles. The Kier molecular flexibility index (Phi) is 11.5. The normalized spacial score (nSPS) is 13.3. The van der Waals surface area contributed by atoms with Gasteiger partial charge in [0.15, 0.2) is 0 Å². The quantitative estimate of drug-likeness (QED) is 0.149. The molecule has 0 spiro atoms. The van der Waals surface area contributed by atoms with E-state index in [1.54, 1.807) is 0 Å². The Morgan fingerprint density at radius 1 is 0.548 bits per heavy atom. The van der Waals surface area contributed by atoms with Gasteiger partial charge in [0.2, 0.25) is 0 Å². The van der Waals surface area contributed by atoms with Crippen LogP contribution in [0.25, 0.3) is 22.3 Å². The molecule has 2 aliphatic heterocycles. The zero-order valence-electron chi connectivity index (χ0n) is 37.4. The van der Waals surface area contributed by atoms with E-state index < -0.39 is 0 Å². The molecule has 5 nitrogen and oxygen atoms in total. The molecule has 9 rings (SSSR count). The van der Waals surface area contributed by atoms with Crippen LogP contribution in [-0.2, 0) is 31.9 Å². The standard InChI is InChI=1S/C56H55N4O.Pt/c1-36(2)47-30-39(56(8,9)10)31-48(37(3)4)54(47)59-35-58(50-24-15-16-25-51(50)59)40-18-17-19-41(33-40)61-42-26-27-46-44-21-12-11-20-43(44)45-22-13-14-23-49(45)60(52(46)34-42)53-32-38(28-29-57-53)55(5,6)7;/h11-32,35-37H,1-10H3;/q-3;. The van der Waals surface area contributed by atoms with Gasteiger partial charge in [-0.15, -0.1) is 48.3 Å². The van der Waals surface area contributed by atoms with E-state index in [-0.39, 0.29) is 31.9 Å². The first-order chi connectivity index (χ1) is 29.2. The third-order valence-corrected chi connectivity index (χ3v) is 12.0. The molecule has 0 radical (unpaired) electrons. The molecule has 2 aliphatic rings. The van der Waals surface area contributed by atoms with Gasteiger partial charge >= 0.3 is 0 Å². The Morgan fingerprint density at radius 3 is 1.74 bits per heavy atom. The van der Waals surface area contributed by atoms with Crippen molar-refractivity contribution in [2.75, 3.05) is 14.7 Å². The Morgan fingerprint density at radius 2 is 1.11 bits per heavy atom. The molecule has 3 heterocycles. The van der Waals surface area contributed by atoms with Gasteiger partial charge in [0.1, 0.15) is 5.82 Å². The van der Waals surface area contributed by atoms with Crippen molar-refractivity contribution in [3.8, 4) is 33.8 Å². The third kappa shape index (κ3) is 7.86. The number of nitrogens with zero attached hydrogens (tertiary/aromatic N) is 4. The first kappa shape index (κ1) is 43.0. The maximum Gasteiger partial charge on any atom is 0.135 e. The number of aromatic nitrogens is 1. The summed E-state index contributed by atoms with van der Waals surface area (Å²) in [5, 5.41) is 0. The van der Waals surface area contributed by atoms with Crippen LogP contribution < -0.4 is 19.4 Å². The minimum absolute atomic E-state index is 0. The predicted octanol–water partition coefficient (Wildman–Crippen LogP) is 15.8. The van der Waals surface area contributed by atoms with Crippen LogP contribution >= 0.6 is 0 Å². The number of rotatable bonds is 7. The maximum atomic E-state index is 6.76. The molecular formula is C56H55N4OPt-3. The third-order valence-electron chi connectivity index (χ3n) is 12.0. The molecule has 0 bridgehead atoms. The Balaban J connectivity index is 0.00000529. The van der Waals surface area contributed by atoms with E-state index in [9.17, 15) is 0 Å². The number of fused-ring (bicyclic) bond motifs is 6. The van der Waals surface area contributed by atoms with Gasteiger partial charge in [-0.3, -0.25) is 0 Å². The van der Waals surface area contributed by atoms with Crippen LogP contribution in [0.4, 0.5) is 39.9 Å². The average molecular weight is 995 g/mol. The van der Waals surface area contributed by atoms with Gasteiger partial charge in [0.25, 0.3) is 0 Å². The van der Waals surface area contributed by atoms with Crippen LogP contribution in [0.1, 0.15) is 103 Å². The molecule has 1 aromatic heterocycles. The summed E-state index contributed by atoms with van der Waals surface area (Å²) in [5.74, 6) is 2.70. The Labute approximate surface area is 383 Å². The van der Waals surface area contributed by atoms with E-state index in [0.29, 0.717) is 23.3 Å². The van der Waals surface area contributed by atoms with Crippen molar-refractivity contribution in [2.45, 2.75) is 91.9 Å². The smallest absolute Gasteiger partial charge is 0.135 e. The molecule has 318 valence electrons. The number of anilines is 7. The molecule has 62 heavy (non-hydrogen) atoms. The summed E-state index contributed by atoms with van der Waals surface area (Å²) in [7, 11) is 0. The number of para-hydroxylation sites is 3. The van der Waals surface area contributed by atoms with Crippen molar-refractivity contribution in [3.05, 3.63) is 175 Å². The predicted molar refractivity (Wildman–Crippen MR) is 255 cm³/mol. The molecular weight excluding hydrogens is 940 g/mol. The molecule has 7 aromatic rings. The zero-order chi connectivity index (χ0) is 42.8. The van der Waals surface area contributed by atoms with Gasteiger partial charge in [0.05, 0.1) is 5.69 Å². The number of ether oxygens (including phenoxy) is 1. The van der Waals surface area contributed by atoms with Gasteiger partial charge in [-0.2, -0.15) is 12.1 Å². The number of hydrogen-bond donors (Lipinski definition) is 0. The number of benzene rings is 6. The van der Waals surface area contributed by atoms with Crippen molar-refractivity contribution in [2.24, 2.45) is 0 Å². The van der Waals surface area contributed by atoms with E-state index >= 15 is 0 Å². The molecule has 0 N–H and O–H groups in total. The second kappa shape index (κ2) is 16.6. The number of pyridine rings is 1. The van der Waals surface area contributed by atoms with Crippen LogP contribution in [0.15, 0.2) is 134 Å². The summed E-state index contributed by atoms with van der Waals surface area (Å²) in [6.45, 7) is 25.1. The van der Waals surface area contributed by atoms with Crippen molar-refractivity contribution in [1.29, 1.82) is 0 Å². The van der Waals surface area contributed by atoms with Crippen LogP contribution in [0, 0.1) is 18.8 Å². The SMILES string of the molecule is CC(C)c1cc(C(C)(C)C)cc(C(C)C)c1N1[CH-]N(c2[c-]c(Oc3[c-]c4c(cc3)-c3ccccc3-c3ccccc3N4c3cc(C(C)(C)C)ccn3)ccc2)c2ccccc21.[Pt]. The molecule has 0 aliphatic carbocycles. The molecule has 0 saturated carbocycles. The Bertz CT molecular complexity index is 2750. The largest absolute Gasteiger partial charge is 0.509 e. The fourth-order valence-corrected chi connectivity index (χ4v) is 8.64. The van der Waals surface area contributed by atoms with Gasteiger partial charge in [-0.25, -0.2) is 4.98 Å². The topological polar surface area (TPSA) is 31.8 Å². The van der Waals surface area contributed by atoms with E-state index in [1.165, 1.54) is 33.5 Å². The van der Waals surface area contributed by atoms with Crippen LogP contribution in [0.3, 0.4) is 0 Å². The average Bonchev–Trinajstić information content (AvgIpc) is 3.57. The molecule has 6 aromatic carbocycles. The summed E-state index contributed by atoms with van der Waals surface area (Å²) in [4.78, 5) is 11.8. The summed E-state index contributed by atoms with van der Waals surface area (Å²) in [6, 6.07) is 52.7. The van der Waals surface area contributed by atoms with Crippen LogP contribution in [0.5, 0.6) is 11.5 Å². The fourth-order valence-electron chi connectivity index (χ4n) is 8.64. The summed E-state index contributed by atoms with van der Waals surface area (Å²) in [6.07, 6.45) is 1.92. The van der Waals surface area contributed by atoms with E-state index in [1.807, 2.05) is 24.4 Å². The van der Waals surface area contributed by atoms with Crippen LogP contribution in [0.2, 0.25) is 0 Å². The molecule has 0 fully saturated rings. The first-order valence-corrected chi connectivity index (χ1v) is 21.6. The van der Waals surface area contributed by atoms with Crippen molar-refractivity contribution in [3.63, 3.8) is 0 Å². The minimum Gasteiger partial charge on any atom is -0.509 e. The van der Waals surface area contributed by atoms with Gasteiger partial charge < -0.3 is 19.4 Å². The molecule has 6 heteroatoms. The van der Waals surface area contributed by atoms with Gasteiger partial charge in [0, 0.05) is 61.4 Å². The van der Waals surface area contributed by atoms with Crippen LogP contribution in [-0.4, -0.2) is 4.98 Å². The first-order valence-electron chi connectivity index (χ1n) is 21.6. The second-order valence-electron chi connectivity index (χ2n) is 19.0. The summed E-state index contributed by atoms with van der Waals surface area (Å²) < 4.78 is 6.76. The van der Waals surface area contributed by atoms with E-state index in [0.717, 1.165) is 50.9 Å². The molecule has 0 unspecified atom stereocenters. The molecule has 0 atom stereocenters. The Hall–Kier alpha value is -5.64. The van der Waals surface area contributed by atoms with Crippen molar-refractivity contribution in [1.82, 2.24) is 4.98 Å². The zero-order valence-corrected chi connectivity index (χ0v) is 39.7. The van der Waals surface area contributed by atoms with Crippen molar-refractivity contribution < 1.29 is 25.8 Å². The summed E-state index contributed by atoms with van der Waals surface area (Å²) in [5.41, 5.74) is 16.0. The summed E-state index contributed by atoms with van der Waals surface area (Å²) >= 11 is 0. The monoisotopic (exact) mass is 994 g/mol. The van der Waals surface area contributed by atoms with Crippen molar-refractivity contribution >= 4 is 39.9 Å². The fraction of sp³-hybridized carbons (Fsp3) is 0.250. The van der Waals surface area contributed by atoms with Gasteiger partial charge in [-0.05, 0) is 80.8 Å². The van der Waals surface area contributed by atoms with E-state index in [4.69, 9.17) is 9.72 Å². The number of hydrogen-bond acceptors (Lipinski definition) is 5. The van der Waals surface area contributed by atoms with E-state index in [2.05, 4.69) is 212 Å². The second-order valence-corrected chi connectivity index (χ2v) is 19.0. The maximum absolute atomic E-state index is 6.76.